The van der Waals surface area contributed by atoms with Crippen LogP contribution in [0.15, 0.2) is 60.7 Å². The summed E-state index contributed by atoms with van der Waals surface area (Å²) in [6.07, 6.45) is 0. The highest BCUT2D eigenvalue weighted by atomic mass is 32.1. The van der Waals surface area contributed by atoms with E-state index in [0.717, 1.165) is 20.8 Å². The Hall–Kier alpha value is -3.78. The summed E-state index contributed by atoms with van der Waals surface area (Å²) < 4.78 is 17.1. The zero-order valence-corrected chi connectivity index (χ0v) is 18.1. The maximum absolute atomic E-state index is 12.5. The molecule has 0 aliphatic carbocycles. The molecule has 0 fully saturated rings. The van der Waals surface area contributed by atoms with Crippen LogP contribution in [0.3, 0.4) is 0 Å². The number of nitrogens with zero attached hydrogens (tertiary/aromatic N) is 1. The molecule has 3 aromatic carbocycles. The quantitative estimate of drug-likeness (QED) is 0.410. The molecule has 7 nitrogen and oxygen atoms in total. The Bertz CT molecular complexity index is 1160. The van der Waals surface area contributed by atoms with E-state index in [2.05, 4.69) is 21.7 Å². The van der Waals surface area contributed by atoms with Crippen molar-refractivity contribution in [3.05, 3.63) is 60.7 Å². The Balaban J connectivity index is 1.46. The summed E-state index contributed by atoms with van der Waals surface area (Å²) in [5, 5.41) is 6.54. The Kier molecular flexibility index (Phi) is 5.90. The molecule has 0 aliphatic rings. The maximum Gasteiger partial charge on any atom is 0.323 e. The number of amides is 2. The van der Waals surface area contributed by atoms with Gasteiger partial charge < -0.3 is 24.8 Å². The van der Waals surface area contributed by atoms with Gasteiger partial charge >= 0.3 is 6.03 Å². The van der Waals surface area contributed by atoms with E-state index in [1.165, 1.54) is 21.3 Å². The Morgan fingerprint density at radius 2 is 1.48 bits per heavy atom. The topological polar surface area (TPSA) is 81.7 Å². The van der Waals surface area contributed by atoms with Crippen molar-refractivity contribution < 1.29 is 19.0 Å². The molecule has 0 atom stereocenters. The summed E-state index contributed by atoms with van der Waals surface area (Å²) in [6.45, 7) is 0. The number of hydrogen-bond donors (Lipinski definition) is 2. The molecule has 0 radical (unpaired) electrons. The number of nitrogens with one attached hydrogen (secondary N) is 2. The fourth-order valence-corrected chi connectivity index (χ4v) is 4.11. The van der Waals surface area contributed by atoms with Crippen molar-refractivity contribution in [3.63, 3.8) is 0 Å². The molecule has 4 aromatic rings. The zero-order valence-electron chi connectivity index (χ0n) is 17.3. The Morgan fingerprint density at radius 1 is 0.839 bits per heavy atom. The summed E-state index contributed by atoms with van der Waals surface area (Å²) in [5.41, 5.74) is 3.15. The molecule has 0 saturated carbocycles. The first kappa shape index (κ1) is 20.5. The molecule has 1 heterocycles. The fourth-order valence-electron chi connectivity index (χ4n) is 3.14. The highest BCUT2D eigenvalue weighted by Gasteiger charge is 2.14. The number of benzene rings is 3. The van der Waals surface area contributed by atoms with Gasteiger partial charge in [0.15, 0.2) is 11.5 Å². The molecule has 31 heavy (non-hydrogen) atoms. The van der Waals surface area contributed by atoms with E-state index >= 15 is 0 Å². The van der Waals surface area contributed by atoms with E-state index in [0.29, 0.717) is 28.6 Å². The van der Waals surface area contributed by atoms with Gasteiger partial charge in [-0.05, 0) is 36.4 Å². The van der Waals surface area contributed by atoms with Gasteiger partial charge in [0.25, 0.3) is 0 Å². The SMILES string of the molecule is COc1cc(NC(=O)Nc2ccc(-c3nc4ccccc4s3)cc2)cc(OC)c1OC. The second kappa shape index (κ2) is 8.93. The van der Waals surface area contributed by atoms with Crippen molar-refractivity contribution >= 4 is 39.0 Å². The molecule has 0 saturated heterocycles. The van der Waals surface area contributed by atoms with Crippen molar-refractivity contribution in [2.45, 2.75) is 0 Å². The van der Waals surface area contributed by atoms with E-state index in [9.17, 15) is 4.79 Å². The van der Waals surface area contributed by atoms with Crippen LogP contribution in [0.5, 0.6) is 17.2 Å². The molecule has 2 N–H and O–H groups in total. The third-order valence-corrected chi connectivity index (χ3v) is 5.69. The largest absolute Gasteiger partial charge is 0.493 e. The molecule has 1 aromatic heterocycles. The average Bonchev–Trinajstić information content (AvgIpc) is 3.23. The lowest BCUT2D eigenvalue weighted by molar-refractivity contribution is 0.262. The van der Waals surface area contributed by atoms with Gasteiger partial charge in [-0.3, -0.25) is 0 Å². The normalized spacial score (nSPS) is 10.5. The second-order valence-corrected chi connectivity index (χ2v) is 7.59. The van der Waals surface area contributed by atoms with Crippen LogP contribution in [0.4, 0.5) is 16.2 Å². The molecule has 158 valence electrons. The van der Waals surface area contributed by atoms with Crippen LogP contribution in [0.2, 0.25) is 0 Å². The average molecular weight is 436 g/mol. The van der Waals surface area contributed by atoms with Crippen LogP contribution in [-0.2, 0) is 0 Å². The van der Waals surface area contributed by atoms with Crippen LogP contribution in [0.25, 0.3) is 20.8 Å². The standard InChI is InChI=1S/C23H21N3O4S/c1-28-18-12-16(13-19(29-2)21(18)30-3)25-23(27)24-15-10-8-14(9-11-15)22-26-17-6-4-5-7-20(17)31-22/h4-13H,1-3H3,(H2,24,25,27). The molecule has 0 bridgehead atoms. The molecule has 0 unspecified atom stereocenters. The number of carbonyl (C=O) groups is 1. The number of hydrogen-bond acceptors (Lipinski definition) is 6. The maximum atomic E-state index is 12.5. The predicted octanol–water partition coefficient (Wildman–Crippen LogP) is 5.63. The van der Waals surface area contributed by atoms with Crippen LogP contribution in [-0.4, -0.2) is 32.3 Å². The number of methoxy groups -OCH3 is 3. The Labute approximate surface area is 183 Å². The van der Waals surface area contributed by atoms with Gasteiger partial charge in [0.1, 0.15) is 5.01 Å². The lowest BCUT2D eigenvalue weighted by atomic mass is 10.2. The molecule has 2 amide bonds. The van der Waals surface area contributed by atoms with Gasteiger partial charge in [0.2, 0.25) is 5.75 Å². The van der Waals surface area contributed by atoms with Crippen LogP contribution >= 0.6 is 11.3 Å². The van der Waals surface area contributed by atoms with Crippen molar-refractivity contribution in [3.8, 4) is 27.8 Å². The third-order valence-electron chi connectivity index (χ3n) is 4.61. The van der Waals surface area contributed by atoms with Crippen LogP contribution < -0.4 is 24.8 Å². The van der Waals surface area contributed by atoms with E-state index in [1.807, 2.05) is 42.5 Å². The highest BCUT2D eigenvalue weighted by molar-refractivity contribution is 7.21. The van der Waals surface area contributed by atoms with Gasteiger partial charge in [0.05, 0.1) is 37.2 Å². The van der Waals surface area contributed by atoms with Gasteiger partial charge in [-0.25, -0.2) is 9.78 Å². The number of fused-ring (bicyclic) bond motifs is 1. The zero-order chi connectivity index (χ0) is 21.8. The van der Waals surface area contributed by atoms with E-state index in [-0.39, 0.29) is 6.03 Å². The smallest absolute Gasteiger partial charge is 0.323 e. The van der Waals surface area contributed by atoms with E-state index < -0.39 is 0 Å². The van der Waals surface area contributed by atoms with E-state index in [4.69, 9.17) is 14.2 Å². The number of anilines is 2. The molecular weight excluding hydrogens is 414 g/mol. The summed E-state index contributed by atoms with van der Waals surface area (Å²) in [7, 11) is 4.57. The Morgan fingerprint density at radius 3 is 2.10 bits per heavy atom. The number of carbonyl (C=O) groups excluding carboxylic acids is 1. The second-order valence-electron chi connectivity index (χ2n) is 6.56. The van der Waals surface area contributed by atoms with Gasteiger partial charge in [-0.1, -0.05) is 12.1 Å². The van der Waals surface area contributed by atoms with Crippen molar-refractivity contribution in [2.75, 3.05) is 32.0 Å². The summed E-state index contributed by atoms with van der Waals surface area (Å²) in [6, 6.07) is 18.5. The van der Waals surface area contributed by atoms with Crippen molar-refractivity contribution in [2.24, 2.45) is 0 Å². The first-order valence-electron chi connectivity index (χ1n) is 9.45. The van der Waals surface area contributed by atoms with Crippen molar-refractivity contribution in [1.29, 1.82) is 0 Å². The monoisotopic (exact) mass is 435 g/mol. The predicted molar refractivity (Wildman–Crippen MR) is 124 cm³/mol. The summed E-state index contributed by atoms with van der Waals surface area (Å²) in [4.78, 5) is 17.1. The molecule has 0 aliphatic heterocycles. The fraction of sp³-hybridized carbons (Fsp3) is 0.130. The van der Waals surface area contributed by atoms with E-state index in [1.54, 1.807) is 23.5 Å². The lowest BCUT2D eigenvalue weighted by Gasteiger charge is -2.15. The number of urea groups is 1. The molecule has 4 rings (SSSR count). The minimum Gasteiger partial charge on any atom is -0.493 e. The first-order valence-corrected chi connectivity index (χ1v) is 10.3. The summed E-state index contributed by atoms with van der Waals surface area (Å²) in [5.74, 6) is 1.37. The first-order chi connectivity index (χ1) is 15.1. The lowest BCUT2D eigenvalue weighted by Crippen LogP contribution is -2.19. The third kappa shape index (κ3) is 4.39. The molecular formula is C23H21N3O4S. The number of para-hydroxylation sites is 1. The minimum absolute atomic E-state index is 0.387. The molecule has 8 heteroatoms. The van der Waals surface area contributed by atoms with Gasteiger partial charge in [0, 0.05) is 23.4 Å². The molecule has 0 spiro atoms. The van der Waals surface area contributed by atoms with Gasteiger partial charge in [-0.15, -0.1) is 11.3 Å². The van der Waals surface area contributed by atoms with Crippen LogP contribution in [0, 0.1) is 0 Å². The van der Waals surface area contributed by atoms with Crippen LogP contribution in [0.1, 0.15) is 0 Å². The highest BCUT2D eigenvalue weighted by Crippen LogP contribution is 2.40. The number of aromatic nitrogens is 1. The number of ether oxygens (including phenoxy) is 3. The van der Waals surface area contributed by atoms with Crippen molar-refractivity contribution in [1.82, 2.24) is 4.98 Å². The van der Waals surface area contributed by atoms with Gasteiger partial charge in [-0.2, -0.15) is 0 Å². The summed E-state index contributed by atoms with van der Waals surface area (Å²) >= 11 is 1.64. The number of rotatable bonds is 6. The number of thiazole rings is 1. The minimum atomic E-state index is -0.387.